The minimum atomic E-state index is -3.78. The molecule has 2 aliphatic rings. The minimum absolute atomic E-state index is 0.182. The van der Waals surface area contributed by atoms with E-state index in [-0.39, 0.29) is 11.0 Å². The summed E-state index contributed by atoms with van der Waals surface area (Å²) in [6.07, 6.45) is 4.56. The van der Waals surface area contributed by atoms with Crippen LogP contribution in [-0.2, 0) is 14.8 Å². The molecule has 1 atom stereocenters. The van der Waals surface area contributed by atoms with Crippen LogP contribution in [-0.4, -0.2) is 69.9 Å². The second-order valence-electron chi connectivity index (χ2n) is 8.01. The van der Waals surface area contributed by atoms with Crippen LogP contribution in [0.25, 0.3) is 11.0 Å². The SMILES string of the molecule is CO[C@@H]1CCN(c2cccc(S(=O)(=O)n3cc(N4CCNCC4)c4ncccc43)c2)C1. The van der Waals surface area contributed by atoms with Crippen LogP contribution in [0.2, 0.25) is 0 Å². The highest BCUT2D eigenvalue weighted by atomic mass is 32.2. The van der Waals surface area contributed by atoms with Crippen molar-refractivity contribution >= 4 is 32.4 Å². The van der Waals surface area contributed by atoms with Gasteiger partial charge in [0.2, 0.25) is 0 Å². The largest absolute Gasteiger partial charge is 0.380 e. The van der Waals surface area contributed by atoms with E-state index >= 15 is 0 Å². The average molecular weight is 442 g/mol. The second kappa shape index (κ2) is 8.14. The zero-order valence-corrected chi connectivity index (χ0v) is 18.4. The third kappa shape index (κ3) is 3.66. The number of ether oxygens (including phenoxy) is 1. The van der Waals surface area contributed by atoms with E-state index in [1.165, 1.54) is 3.97 Å². The first-order chi connectivity index (χ1) is 15.1. The van der Waals surface area contributed by atoms with Crippen molar-refractivity contribution in [2.45, 2.75) is 17.4 Å². The van der Waals surface area contributed by atoms with Gasteiger partial charge in [-0.25, -0.2) is 12.4 Å². The van der Waals surface area contributed by atoms with E-state index in [1.807, 2.05) is 18.2 Å². The molecule has 2 aromatic heterocycles. The summed E-state index contributed by atoms with van der Waals surface area (Å²) >= 11 is 0. The number of methoxy groups -OCH3 is 1. The molecular formula is C22H27N5O3S. The lowest BCUT2D eigenvalue weighted by Crippen LogP contribution is -2.43. The van der Waals surface area contributed by atoms with Gasteiger partial charge in [0.05, 0.1) is 22.2 Å². The van der Waals surface area contributed by atoms with Gasteiger partial charge in [0.25, 0.3) is 10.0 Å². The molecule has 0 radical (unpaired) electrons. The third-order valence-electron chi connectivity index (χ3n) is 6.18. The third-order valence-corrected chi connectivity index (χ3v) is 7.85. The lowest BCUT2D eigenvalue weighted by Gasteiger charge is -2.28. The van der Waals surface area contributed by atoms with Gasteiger partial charge >= 0.3 is 0 Å². The Morgan fingerprint density at radius 1 is 1.10 bits per heavy atom. The Balaban J connectivity index is 1.55. The first-order valence-corrected chi connectivity index (χ1v) is 12.1. The average Bonchev–Trinajstić information content (AvgIpc) is 3.45. The van der Waals surface area contributed by atoms with Crippen molar-refractivity contribution in [2.24, 2.45) is 0 Å². The summed E-state index contributed by atoms with van der Waals surface area (Å²) in [6, 6.07) is 10.8. The molecule has 8 nitrogen and oxygen atoms in total. The molecule has 1 aromatic carbocycles. The van der Waals surface area contributed by atoms with Gasteiger partial charge in [0, 0.05) is 64.5 Å². The molecular weight excluding hydrogens is 414 g/mol. The smallest absolute Gasteiger partial charge is 0.268 e. The quantitative estimate of drug-likeness (QED) is 0.648. The topological polar surface area (TPSA) is 79.7 Å². The Kier molecular flexibility index (Phi) is 5.33. The molecule has 1 N–H and O–H groups in total. The van der Waals surface area contributed by atoms with Gasteiger partial charge in [-0.2, -0.15) is 0 Å². The van der Waals surface area contributed by atoms with Crippen LogP contribution in [0, 0.1) is 0 Å². The maximum atomic E-state index is 13.7. The van der Waals surface area contributed by atoms with Crippen molar-refractivity contribution in [3.05, 3.63) is 48.8 Å². The molecule has 0 aliphatic carbocycles. The fourth-order valence-corrected chi connectivity index (χ4v) is 5.85. The maximum absolute atomic E-state index is 13.7. The molecule has 9 heteroatoms. The highest BCUT2D eigenvalue weighted by Crippen LogP contribution is 2.32. The van der Waals surface area contributed by atoms with Gasteiger partial charge < -0.3 is 19.9 Å². The first-order valence-electron chi connectivity index (χ1n) is 10.6. The molecule has 164 valence electrons. The maximum Gasteiger partial charge on any atom is 0.268 e. The van der Waals surface area contributed by atoms with Gasteiger partial charge in [-0.3, -0.25) is 4.98 Å². The lowest BCUT2D eigenvalue weighted by atomic mass is 10.3. The van der Waals surface area contributed by atoms with E-state index in [2.05, 4.69) is 20.1 Å². The summed E-state index contributed by atoms with van der Waals surface area (Å²) in [7, 11) is -2.06. The molecule has 31 heavy (non-hydrogen) atoms. The Morgan fingerprint density at radius 2 is 1.94 bits per heavy atom. The summed E-state index contributed by atoms with van der Waals surface area (Å²) in [4.78, 5) is 9.16. The number of nitrogens with one attached hydrogen (secondary N) is 1. The second-order valence-corrected chi connectivity index (χ2v) is 9.83. The van der Waals surface area contributed by atoms with Gasteiger partial charge in [-0.1, -0.05) is 6.07 Å². The number of nitrogens with zero attached hydrogens (tertiary/aromatic N) is 4. The van der Waals surface area contributed by atoms with Crippen LogP contribution in [0.3, 0.4) is 0 Å². The normalized spacial score (nSPS) is 20.0. The van der Waals surface area contributed by atoms with Crippen LogP contribution in [0.1, 0.15) is 6.42 Å². The van der Waals surface area contributed by atoms with Crippen molar-refractivity contribution in [1.82, 2.24) is 14.3 Å². The van der Waals surface area contributed by atoms with E-state index in [1.54, 1.807) is 37.7 Å². The van der Waals surface area contributed by atoms with E-state index in [9.17, 15) is 8.42 Å². The number of pyridine rings is 1. The number of aromatic nitrogens is 2. The van der Waals surface area contributed by atoms with E-state index in [0.29, 0.717) is 11.0 Å². The molecule has 2 saturated heterocycles. The zero-order valence-electron chi connectivity index (χ0n) is 17.6. The van der Waals surface area contributed by atoms with Gasteiger partial charge in [0.15, 0.2) is 0 Å². The van der Waals surface area contributed by atoms with Crippen molar-refractivity contribution < 1.29 is 13.2 Å². The summed E-state index contributed by atoms with van der Waals surface area (Å²) in [6.45, 7) is 5.00. The van der Waals surface area contributed by atoms with Crippen LogP contribution in [0.4, 0.5) is 11.4 Å². The van der Waals surface area contributed by atoms with Crippen molar-refractivity contribution in [2.75, 3.05) is 56.2 Å². The fourth-order valence-electron chi connectivity index (χ4n) is 4.46. The van der Waals surface area contributed by atoms with Crippen LogP contribution >= 0.6 is 0 Å². The summed E-state index contributed by atoms with van der Waals surface area (Å²) in [5, 5.41) is 3.33. The summed E-state index contributed by atoms with van der Waals surface area (Å²) < 4.78 is 34.2. The predicted octanol–water partition coefficient (Wildman–Crippen LogP) is 1.91. The highest BCUT2D eigenvalue weighted by Gasteiger charge is 2.27. The molecule has 2 aliphatic heterocycles. The van der Waals surface area contributed by atoms with Gasteiger partial charge in [0.1, 0.15) is 5.52 Å². The number of piperazine rings is 1. The molecule has 0 spiro atoms. The number of benzene rings is 1. The number of rotatable bonds is 5. The Labute approximate surface area is 182 Å². The van der Waals surface area contributed by atoms with Crippen molar-refractivity contribution in [3.8, 4) is 0 Å². The Morgan fingerprint density at radius 3 is 2.71 bits per heavy atom. The van der Waals surface area contributed by atoms with Crippen LogP contribution < -0.4 is 15.1 Å². The molecule has 3 aromatic rings. The molecule has 2 fully saturated rings. The molecule has 0 unspecified atom stereocenters. The van der Waals surface area contributed by atoms with E-state index in [0.717, 1.165) is 57.1 Å². The molecule has 0 bridgehead atoms. The molecule has 0 saturated carbocycles. The van der Waals surface area contributed by atoms with E-state index in [4.69, 9.17) is 4.74 Å². The highest BCUT2D eigenvalue weighted by molar-refractivity contribution is 7.90. The van der Waals surface area contributed by atoms with Crippen LogP contribution in [0.15, 0.2) is 53.7 Å². The molecule has 0 amide bonds. The molecule has 4 heterocycles. The molecule has 5 rings (SSSR count). The predicted molar refractivity (Wildman–Crippen MR) is 121 cm³/mol. The van der Waals surface area contributed by atoms with Crippen molar-refractivity contribution in [3.63, 3.8) is 0 Å². The summed E-state index contributed by atoms with van der Waals surface area (Å²) in [5.41, 5.74) is 3.07. The summed E-state index contributed by atoms with van der Waals surface area (Å²) in [5.74, 6) is 0. The standard InChI is InChI=1S/C22H27N5O3S/c1-30-18-7-11-26(15-18)17-4-2-5-19(14-17)31(28,29)27-16-21(25-12-9-23-10-13-25)22-20(27)6-3-8-24-22/h2-6,8,14,16,18,23H,7,9-13,15H2,1H3/t18-/m1/s1. The Hall–Kier alpha value is -2.62. The number of fused-ring (bicyclic) bond motifs is 1. The number of hydrogen-bond donors (Lipinski definition) is 1. The van der Waals surface area contributed by atoms with Crippen molar-refractivity contribution in [1.29, 1.82) is 0 Å². The minimum Gasteiger partial charge on any atom is -0.380 e. The monoisotopic (exact) mass is 441 g/mol. The number of hydrogen-bond acceptors (Lipinski definition) is 7. The van der Waals surface area contributed by atoms with E-state index < -0.39 is 10.0 Å². The zero-order chi connectivity index (χ0) is 21.4. The Bertz CT molecular complexity index is 1190. The first kappa shape index (κ1) is 20.3. The van der Waals surface area contributed by atoms with Gasteiger partial charge in [-0.15, -0.1) is 0 Å². The fraction of sp³-hybridized carbons (Fsp3) is 0.409. The lowest BCUT2D eigenvalue weighted by molar-refractivity contribution is 0.121. The van der Waals surface area contributed by atoms with Gasteiger partial charge in [-0.05, 0) is 36.8 Å². The van der Waals surface area contributed by atoms with Crippen LogP contribution in [0.5, 0.6) is 0 Å². The number of anilines is 2.